The Labute approximate surface area is 93.9 Å². The summed E-state index contributed by atoms with van der Waals surface area (Å²) in [6.07, 6.45) is 2.57. The van der Waals surface area contributed by atoms with Crippen LogP contribution >= 0.6 is 11.5 Å². The quantitative estimate of drug-likeness (QED) is 0.820. The summed E-state index contributed by atoms with van der Waals surface area (Å²) in [7, 11) is 0. The molecule has 1 aliphatic carbocycles. The van der Waals surface area contributed by atoms with Gasteiger partial charge in [-0.1, -0.05) is 0 Å². The second kappa shape index (κ2) is 3.72. The van der Waals surface area contributed by atoms with Crippen molar-refractivity contribution in [3.8, 4) is 0 Å². The fraction of sp³-hybridized carbons (Fsp3) is 0.800. The Bertz CT molecular complexity index is 347. The van der Waals surface area contributed by atoms with Gasteiger partial charge in [0.1, 0.15) is 5.82 Å². The van der Waals surface area contributed by atoms with Gasteiger partial charge in [-0.25, -0.2) is 4.98 Å². The Kier molecular flexibility index (Phi) is 2.36. The topological polar surface area (TPSA) is 41.1 Å². The van der Waals surface area contributed by atoms with Crippen LogP contribution in [0.1, 0.15) is 31.5 Å². The zero-order chi connectivity index (χ0) is 10.3. The lowest BCUT2D eigenvalue weighted by Crippen LogP contribution is -2.49. The zero-order valence-corrected chi connectivity index (χ0v) is 9.76. The first-order valence-corrected chi connectivity index (χ1v) is 6.42. The highest BCUT2D eigenvalue weighted by Crippen LogP contribution is 2.39. The van der Waals surface area contributed by atoms with Gasteiger partial charge in [0, 0.05) is 43.1 Å². The molecule has 1 N–H and O–H groups in total. The number of piperazine rings is 1. The summed E-state index contributed by atoms with van der Waals surface area (Å²) in [6.45, 7) is 5.39. The maximum atomic E-state index is 4.64. The average molecular weight is 224 g/mol. The van der Waals surface area contributed by atoms with Crippen LogP contribution in [0.5, 0.6) is 0 Å². The van der Waals surface area contributed by atoms with Gasteiger partial charge in [-0.15, -0.1) is 0 Å². The van der Waals surface area contributed by atoms with Gasteiger partial charge in [-0.3, -0.25) is 0 Å². The van der Waals surface area contributed by atoms with E-state index in [2.05, 4.69) is 26.5 Å². The first-order valence-electron chi connectivity index (χ1n) is 5.65. The summed E-state index contributed by atoms with van der Waals surface area (Å²) < 4.78 is 4.45. The van der Waals surface area contributed by atoms with Crippen LogP contribution in [-0.2, 0) is 0 Å². The molecule has 0 amide bonds. The summed E-state index contributed by atoms with van der Waals surface area (Å²) >= 11 is 1.56. The second-order valence-electron chi connectivity index (χ2n) is 4.51. The molecule has 0 aromatic carbocycles. The third-order valence-electron chi connectivity index (χ3n) is 3.01. The molecule has 1 aromatic rings. The smallest absolute Gasteiger partial charge is 0.205 e. The molecule has 2 aliphatic rings. The van der Waals surface area contributed by atoms with Crippen molar-refractivity contribution in [2.75, 3.05) is 24.5 Å². The number of hydrogen-bond donors (Lipinski definition) is 1. The van der Waals surface area contributed by atoms with E-state index in [1.165, 1.54) is 12.8 Å². The van der Waals surface area contributed by atoms with E-state index in [9.17, 15) is 0 Å². The molecule has 1 aromatic heterocycles. The lowest BCUT2D eigenvalue weighted by Gasteiger charge is -2.31. The Hall–Kier alpha value is -0.680. The molecule has 4 nitrogen and oxygen atoms in total. The van der Waals surface area contributed by atoms with Crippen LogP contribution in [0.3, 0.4) is 0 Å². The van der Waals surface area contributed by atoms with Crippen LogP contribution in [0.4, 0.5) is 5.13 Å². The summed E-state index contributed by atoms with van der Waals surface area (Å²) in [5, 5.41) is 4.55. The molecule has 1 saturated carbocycles. The summed E-state index contributed by atoms with van der Waals surface area (Å²) in [5.41, 5.74) is 0. The van der Waals surface area contributed by atoms with Crippen LogP contribution in [0.2, 0.25) is 0 Å². The fourth-order valence-electron chi connectivity index (χ4n) is 1.97. The number of nitrogens with zero attached hydrogens (tertiary/aromatic N) is 3. The maximum absolute atomic E-state index is 4.64. The average Bonchev–Trinajstić information content (AvgIpc) is 2.97. The molecular weight excluding hydrogens is 208 g/mol. The summed E-state index contributed by atoms with van der Waals surface area (Å²) in [6, 6.07) is 0.562. The minimum absolute atomic E-state index is 0.562. The number of aromatic nitrogens is 2. The minimum atomic E-state index is 0.562. The van der Waals surface area contributed by atoms with E-state index in [1.807, 2.05) is 0 Å². The van der Waals surface area contributed by atoms with Gasteiger partial charge in [0.25, 0.3) is 0 Å². The highest BCUT2D eigenvalue weighted by Gasteiger charge is 2.29. The molecule has 3 rings (SSSR count). The van der Waals surface area contributed by atoms with Gasteiger partial charge < -0.3 is 10.2 Å². The fourth-order valence-corrected chi connectivity index (χ4v) is 2.75. The molecule has 1 atom stereocenters. The molecule has 0 spiro atoms. The highest BCUT2D eigenvalue weighted by molar-refractivity contribution is 7.09. The molecular formula is C10H16N4S. The number of hydrogen-bond acceptors (Lipinski definition) is 5. The number of rotatable bonds is 2. The Morgan fingerprint density at radius 1 is 1.47 bits per heavy atom. The molecule has 1 aliphatic heterocycles. The van der Waals surface area contributed by atoms with Crippen LogP contribution in [-0.4, -0.2) is 35.0 Å². The Morgan fingerprint density at radius 2 is 2.33 bits per heavy atom. The van der Waals surface area contributed by atoms with Gasteiger partial charge in [-0.2, -0.15) is 4.37 Å². The van der Waals surface area contributed by atoms with Crippen LogP contribution < -0.4 is 10.2 Å². The van der Waals surface area contributed by atoms with Gasteiger partial charge in [0.2, 0.25) is 5.13 Å². The molecule has 15 heavy (non-hydrogen) atoms. The molecule has 2 fully saturated rings. The van der Waals surface area contributed by atoms with E-state index in [-0.39, 0.29) is 0 Å². The third kappa shape index (κ3) is 1.99. The highest BCUT2D eigenvalue weighted by atomic mass is 32.1. The van der Waals surface area contributed by atoms with E-state index in [0.29, 0.717) is 12.0 Å². The van der Waals surface area contributed by atoms with Crippen molar-refractivity contribution in [3.63, 3.8) is 0 Å². The molecule has 0 radical (unpaired) electrons. The van der Waals surface area contributed by atoms with E-state index in [0.717, 1.165) is 30.6 Å². The molecule has 1 saturated heterocycles. The van der Waals surface area contributed by atoms with Crippen molar-refractivity contribution in [2.24, 2.45) is 0 Å². The third-order valence-corrected chi connectivity index (χ3v) is 3.80. The van der Waals surface area contributed by atoms with Gasteiger partial charge in [0.05, 0.1) is 0 Å². The first kappa shape index (κ1) is 9.54. The first-order chi connectivity index (χ1) is 7.33. The predicted molar refractivity (Wildman–Crippen MR) is 61.6 cm³/mol. The zero-order valence-electron chi connectivity index (χ0n) is 8.94. The monoisotopic (exact) mass is 224 g/mol. The Morgan fingerprint density at radius 3 is 3.07 bits per heavy atom. The summed E-state index contributed by atoms with van der Waals surface area (Å²) in [5.74, 6) is 1.76. The standard InChI is InChI=1S/C10H16N4S/c1-7-6-14(5-4-11-7)10-12-9(13-15-10)8-2-3-8/h7-8,11H,2-6H2,1H3/t7-/m0/s1. The van der Waals surface area contributed by atoms with E-state index in [4.69, 9.17) is 0 Å². The SMILES string of the molecule is C[C@H]1CN(c2nc(C3CC3)ns2)CCN1. The van der Waals surface area contributed by atoms with E-state index in [1.54, 1.807) is 11.5 Å². The van der Waals surface area contributed by atoms with Gasteiger partial charge >= 0.3 is 0 Å². The van der Waals surface area contributed by atoms with Crippen molar-refractivity contribution >= 4 is 16.7 Å². The number of anilines is 1. The number of nitrogens with one attached hydrogen (secondary N) is 1. The molecule has 5 heteroatoms. The largest absolute Gasteiger partial charge is 0.344 e. The van der Waals surface area contributed by atoms with E-state index < -0.39 is 0 Å². The molecule has 0 bridgehead atoms. The van der Waals surface area contributed by atoms with Crippen molar-refractivity contribution in [2.45, 2.75) is 31.7 Å². The Balaban J connectivity index is 1.73. The van der Waals surface area contributed by atoms with Crippen molar-refractivity contribution in [1.29, 1.82) is 0 Å². The van der Waals surface area contributed by atoms with Crippen LogP contribution in [0.15, 0.2) is 0 Å². The normalized spacial score (nSPS) is 27.0. The lowest BCUT2D eigenvalue weighted by atomic mass is 10.2. The maximum Gasteiger partial charge on any atom is 0.205 e. The molecule has 82 valence electrons. The van der Waals surface area contributed by atoms with Crippen molar-refractivity contribution in [3.05, 3.63) is 5.82 Å². The van der Waals surface area contributed by atoms with Crippen LogP contribution in [0.25, 0.3) is 0 Å². The predicted octanol–water partition coefficient (Wildman–Crippen LogP) is 1.21. The van der Waals surface area contributed by atoms with Gasteiger partial charge in [0.15, 0.2) is 0 Å². The summed E-state index contributed by atoms with van der Waals surface area (Å²) in [4.78, 5) is 6.99. The molecule has 0 unspecified atom stereocenters. The van der Waals surface area contributed by atoms with Crippen molar-refractivity contribution < 1.29 is 0 Å². The molecule has 2 heterocycles. The second-order valence-corrected chi connectivity index (χ2v) is 5.24. The van der Waals surface area contributed by atoms with Gasteiger partial charge in [-0.05, 0) is 19.8 Å². The van der Waals surface area contributed by atoms with Crippen LogP contribution in [0, 0.1) is 0 Å². The van der Waals surface area contributed by atoms with Crippen molar-refractivity contribution in [1.82, 2.24) is 14.7 Å². The lowest BCUT2D eigenvalue weighted by molar-refractivity contribution is 0.484. The minimum Gasteiger partial charge on any atom is -0.344 e. The van der Waals surface area contributed by atoms with E-state index >= 15 is 0 Å².